The number of carboxylic acid groups (broad SMARTS) is 1. The van der Waals surface area contributed by atoms with Crippen molar-refractivity contribution >= 4 is 23.8 Å². The lowest BCUT2D eigenvalue weighted by atomic mass is 9.94. The van der Waals surface area contributed by atoms with E-state index in [1.54, 1.807) is 0 Å². The molecule has 0 aromatic heterocycles. The molecule has 1 aliphatic heterocycles. The molecule has 0 spiro atoms. The van der Waals surface area contributed by atoms with Crippen LogP contribution >= 0.6 is 11.8 Å². The number of carbonyl (C=O) groups is 2. The zero-order chi connectivity index (χ0) is 15.2. The van der Waals surface area contributed by atoms with Gasteiger partial charge in [0.15, 0.2) is 0 Å². The van der Waals surface area contributed by atoms with Gasteiger partial charge in [-0.3, -0.25) is 4.79 Å². The Morgan fingerprint density at radius 3 is 2.57 bits per heavy atom. The van der Waals surface area contributed by atoms with Crippen molar-refractivity contribution in [1.29, 1.82) is 0 Å². The van der Waals surface area contributed by atoms with Crippen LogP contribution in [0.3, 0.4) is 0 Å². The lowest BCUT2D eigenvalue weighted by Gasteiger charge is -2.32. The third-order valence-corrected chi connectivity index (χ3v) is 5.71. The third kappa shape index (κ3) is 5.09. The van der Waals surface area contributed by atoms with E-state index in [2.05, 4.69) is 12.2 Å². The van der Waals surface area contributed by atoms with Crippen LogP contribution < -0.4 is 5.32 Å². The maximum absolute atomic E-state index is 12.2. The van der Waals surface area contributed by atoms with E-state index in [0.29, 0.717) is 24.4 Å². The Bertz CT molecular complexity index is 370. The molecule has 0 radical (unpaired) electrons. The van der Waals surface area contributed by atoms with E-state index >= 15 is 0 Å². The van der Waals surface area contributed by atoms with Crippen LogP contribution in [-0.4, -0.2) is 52.1 Å². The van der Waals surface area contributed by atoms with Crippen molar-refractivity contribution in [3.63, 3.8) is 0 Å². The van der Waals surface area contributed by atoms with Crippen molar-refractivity contribution in [3.05, 3.63) is 0 Å². The fraction of sp³-hybridized carbons (Fsp3) is 0.867. The molecule has 120 valence electrons. The van der Waals surface area contributed by atoms with Crippen LogP contribution in [-0.2, 0) is 4.79 Å². The molecule has 2 fully saturated rings. The van der Waals surface area contributed by atoms with E-state index in [0.717, 1.165) is 31.4 Å². The Morgan fingerprint density at radius 1 is 1.24 bits per heavy atom. The monoisotopic (exact) mass is 314 g/mol. The summed E-state index contributed by atoms with van der Waals surface area (Å²) in [5.74, 6) is 0.634. The third-order valence-electron chi connectivity index (χ3n) is 4.48. The van der Waals surface area contributed by atoms with Gasteiger partial charge in [0.05, 0.1) is 0 Å². The van der Waals surface area contributed by atoms with Crippen molar-refractivity contribution < 1.29 is 14.7 Å². The van der Waals surface area contributed by atoms with Gasteiger partial charge in [-0.2, -0.15) is 11.8 Å². The molecule has 1 saturated heterocycles. The molecule has 2 unspecified atom stereocenters. The predicted octanol–water partition coefficient (Wildman–Crippen LogP) is 2.56. The van der Waals surface area contributed by atoms with Crippen LogP contribution in [0.25, 0.3) is 0 Å². The fourth-order valence-corrected chi connectivity index (χ4v) is 4.45. The number of thioether (sulfide) groups is 1. The number of likely N-dealkylation sites (tertiary alicyclic amines) is 1. The molecular weight excluding hydrogens is 288 g/mol. The van der Waals surface area contributed by atoms with Crippen LogP contribution in [0.1, 0.15) is 45.4 Å². The summed E-state index contributed by atoms with van der Waals surface area (Å²) in [5, 5.41) is 12.7. The second-order valence-electron chi connectivity index (χ2n) is 6.07. The van der Waals surface area contributed by atoms with Gasteiger partial charge in [0.1, 0.15) is 0 Å². The molecule has 2 rings (SSSR count). The molecule has 2 amide bonds. The van der Waals surface area contributed by atoms with Crippen LogP contribution in [0, 0.1) is 5.92 Å². The van der Waals surface area contributed by atoms with E-state index in [1.165, 1.54) is 6.42 Å². The number of carbonyl (C=O) groups excluding carboxylic acids is 1. The van der Waals surface area contributed by atoms with E-state index in [9.17, 15) is 9.59 Å². The van der Waals surface area contributed by atoms with Crippen molar-refractivity contribution in [2.75, 3.05) is 18.8 Å². The Morgan fingerprint density at radius 2 is 1.95 bits per heavy atom. The van der Waals surface area contributed by atoms with E-state index in [4.69, 9.17) is 5.11 Å². The highest BCUT2D eigenvalue weighted by atomic mass is 32.2. The zero-order valence-corrected chi connectivity index (χ0v) is 13.5. The summed E-state index contributed by atoms with van der Waals surface area (Å²) in [6.07, 6.45) is 5.20. The highest BCUT2D eigenvalue weighted by molar-refractivity contribution is 7.99. The van der Waals surface area contributed by atoms with Gasteiger partial charge in [0.25, 0.3) is 0 Å². The first-order chi connectivity index (χ1) is 10.1. The molecule has 2 aliphatic rings. The quantitative estimate of drug-likeness (QED) is 0.818. The summed E-state index contributed by atoms with van der Waals surface area (Å²) >= 11 is 1.99. The van der Waals surface area contributed by atoms with Gasteiger partial charge in [0.2, 0.25) is 0 Å². The number of nitrogens with zero attached hydrogens (tertiary/aromatic N) is 1. The van der Waals surface area contributed by atoms with Crippen molar-refractivity contribution in [3.8, 4) is 0 Å². The molecule has 2 atom stereocenters. The van der Waals surface area contributed by atoms with Crippen LogP contribution in [0.5, 0.6) is 0 Å². The van der Waals surface area contributed by atoms with Gasteiger partial charge >= 0.3 is 12.0 Å². The van der Waals surface area contributed by atoms with E-state index in [-0.39, 0.29) is 18.4 Å². The topological polar surface area (TPSA) is 69.6 Å². The number of urea groups is 1. The fourth-order valence-electron chi connectivity index (χ4n) is 3.31. The van der Waals surface area contributed by atoms with Crippen molar-refractivity contribution in [1.82, 2.24) is 10.2 Å². The average Bonchev–Trinajstić information content (AvgIpc) is 2.86. The molecule has 6 heteroatoms. The molecule has 5 nitrogen and oxygen atoms in total. The Balaban J connectivity index is 1.69. The zero-order valence-electron chi connectivity index (χ0n) is 12.7. The van der Waals surface area contributed by atoms with Crippen LogP contribution in [0.4, 0.5) is 4.79 Å². The molecule has 2 N–H and O–H groups in total. The number of carboxylic acids is 1. The second kappa shape index (κ2) is 7.92. The molecule has 0 aromatic rings. The standard InChI is InChI=1S/C15H26N2O3S/c1-2-21-13-4-3-12(10-13)16-15(20)17-7-5-11(6-8-17)9-14(18)19/h11-13H,2-10H2,1H3,(H,16,20)(H,18,19). The first-order valence-electron chi connectivity index (χ1n) is 7.97. The lowest BCUT2D eigenvalue weighted by Crippen LogP contribution is -2.47. The molecule has 1 aliphatic carbocycles. The van der Waals surface area contributed by atoms with Gasteiger partial charge in [-0.25, -0.2) is 4.79 Å². The Hall–Kier alpha value is -0.910. The number of rotatable bonds is 5. The maximum Gasteiger partial charge on any atom is 0.317 e. The van der Waals surface area contributed by atoms with Crippen LogP contribution in [0.15, 0.2) is 0 Å². The number of amides is 2. The highest BCUT2D eigenvalue weighted by Crippen LogP contribution is 2.30. The number of hydrogen-bond acceptors (Lipinski definition) is 3. The lowest BCUT2D eigenvalue weighted by molar-refractivity contribution is -0.138. The van der Waals surface area contributed by atoms with E-state index < -0.39 is 5.97 Å². The van der Waals surface area contributed by atoms with Crippen molar-refractivity contribution in [2.45, 2.75) is 56.7 Å². The first kappa shape index (κ1) is 16.5. The second-order valence-corrected chi connectivity index (χ2v) is 7.64. The molecule has 1 heterocycles. The number of nitrogens with one attached hydrogen (secondary N) is 1. The summed E-state index contributed by atoms with van der Waals surface area (Å²) in [6, 6.07) is 0.356. The maximum atomic E-state index is 12.2. The number of aliphatic carboxylic acids is 1. The van der Waals surface area contributed by atoms with E-state index in [1.807, 2.05) is 16.7 Å². The van der Waals surface area contributed by atoms with Crippen molar-refractivity contribution in [2.24, 2.45) is 5.92 Å². The predicted molar refractivity (Wildman–Crippen MR) is 84.6 cm³/mol. The van der Waals surface area contributed by atoms with Gasteiger partial charge in [-0.05, 0) is 43.8 Å². The molecule has 0 aromatic carbocycles. The summed E-state index contributed by atoms with van der Waals surface area (Å²) in [4.78, 5) is 24.8. The van der Waals surface area contributed by atoms with Gasteiger partial charge in [-0.15, -0.1) is 0 Å². The minimum Gasteiger partial charge on any atom is -0.481 e. The van der Waals surface area contributed by atoms with Gasteiger partial charge in [0, 0.05) is 30.8 Å². The summed E-state index contributed by atoms with van der Waals surface area (Å²) in [5.41, 5.74) is 0. The Kier molecular flexibility index (Phi) is 6.21. The highest BCUT2D eigenvalue weighted by Gasteiger charge is 2.29. The number of hydrogen-bond donors (Lipinski definition) is 2. The molecule has 0 bridgehead atoms. The minimum atomic E-state index is -0.733. The molecule has 21 heavy (non-hydrogen) atoms. The largest absolute Gasteiger partial charge is 0.481 e. The van der Waals surface area contributed by atoms with Gasteiger partial charge < -0.3 is 15.3 Å². The van der Waals surface area contributed by atoms with Crippen LogP contribution in [0.2, 0.25) is 0 Å². The average molecular weight is 314 g/mol. The number of piperidine rings is 1. The summed E-state index contributed by atoms with van der Waals surface area (Å²) < 4.78 is 0. The first-order valence-corrected chi connectivity index (χ1v) is 9.02. The normalized spacial score (nSPS) is 26.8. The Labute approximate surface area is 130 Å². The molecular formula is C15H26N2O3S. The molecule has 1 saturated carbocycles. The smallest absolute Gasteiger partial charge is 0.317 e. The minimum absolute atomic E-state index is 0.0379. The summed E-state index contributed by atoms with van der Waals surface area (Å²) in [6.45, 7) is 3.55. The van der Waals surface area contributed by atoms with Gasteiger partial charge in [-0.1, -0.05) is 6.92 Å². The SMILES string of the molecule is CCSC1CCC(NC(=O)N2CCC(CC(=O)O)CC2)C1. The summed E-state index contributed by atoms with van der Waals surface area (Å²) in [7, 11) is 0.